The van der Waals surface area contributed by atoms with Crippen LogP contribution in [0.5, 0.6) is 5.75 Å². The normalized spacial score (nSPS) is 14.9. The lowest BCUT2D eigenvalue weighted by Crippen LogP contribution is -2.29. The van der Waals surface area contributed by atoms with Crippen LogP contribution in [0.25, 0.3) is 11.3 Å². The first-order chi connectivity index (χ1) is 19.5. The number of carboxylic acid groups (broad SMARTS) is 1. The summed E-state index contributed by atoms with van der Waals surface area (Å²) in [6.45, 7) is 2.74. The molecule has 2 N–H and O–H groups in total. The van der Waals surface area contributed by atoms with Gasteiger partial charge in [-0.15, -0.1) is 13.2 Å². The zero-order chi connectivity index (χ0) is 29.6. The summed E-state index contributed by atoms with van der Waals surface area (Å²) < 4.78 is 43.7. The molecule has 1 saturated carbocycles. The van der Waals surface area contributed by atoms with Crippen LogP contribution in [0.3, 0.4) is 0 Å². The van der Waals surface area contributed by atoms with E-state index in [9.17, 15) is 22.8 Å². The molecule has 0 saturated heterocycles. The molecule has 0 spiro atoms. The van der Waals surface area contributed by atoms with Crippen LogP contribution in [0.4, 0.5) is 18.9 Å². The van der Waals surface area contributed by atoms with Crippen molar-refractivity contribution < 1.29 is 32.6 Å². The van der Waals surface area contributed by atoms with Crippen molar-refractivity contribution in [3.05, 3.63) is 65.9 Å². The lowest BCUT2D eigenvalue weighted by Gasteiger charge is -2.32. The van der Waals surface area contributed by atoms with E-state index in [1.807, 2.05) is 29.8 Å². The predicted molar refractivity (Wildman–Crippen MR) is 149 cm³/mol. The zero-order valence-corrected chi connectivity index (χ0v) is 23.2. The third-order valence-corrected chi connectivity index (χ3v) is 7.40. The Labute approximate surface area is 237 Å². The van der Waals surface area contributed by atoms with Gasteiger partial charge in [0.1, 0.15) is 5.75 Å². The Morgan fingerprint density at radius 1 is 1.10 bits per heavy atom. The number of carboxylic acids is 1. The van der Waals surface area contributed by atoms with Crippen LogP contribution in [0.1, 0.15) is 67.5 Å². The second-order valence-electron chi connectivity index (χ2n) is 10.3. The number of aliphatic carboxylic acids is 1. The van der Waals surface area contributed by atoms with Crippen LogP contribution >= 0.6 is 0 Å². The summed E-state index contributed by atoms with van der Waals surface area (Å²) in [7, 11) is 1.58. The number of benzene rings is 2. The van der Waals surface area contributed by atoms with Gasteiger partial charge in [0.25, 0.3) is 5.91 Å². The van der Waals surface area contributed by atoms with Crippen LogP contribution in [-0.4, -0.2) is 51.6 Å². The van der Waals surface area contributed by atoms with Gasteiger partial charge in [0.15, 0.2) is 0 Å². The van der Waals surface area contributed by atoms with Crippen molar-refractivity contribution in [3.63, 3.8) is 0 Å². The lowest BCUT2D eigenvalue weighted by atomic mass is 9.82. The Hall–Kier alpha value is -4.02. The molecule has 3 aromatic rings. The van der Waals surface area contributed by atoms with E-state index in [2.05, 4.69) is 10.1 Å². The average Bonchev–Trinajstić information content (AvgIpc) is 3.38. The molecule has 1 fully saturated rings. The molecular formula is C30H35F3N4O4. The number of carbonyl (C=O) groups excluding carboxylic acids is 1. The van der Waals surface area contributed by atoms with Crippen molar-refractivity contribution in [3.8, 4) is 17.0 Å². The molecule has 0 radical (unpaired) electrons. The molecule has 1 heterocycles. The monoisotopic (exact) mass is 572 g/mol. The molecule has 4 rings (SSSR count). The summed E-state index contributed by atoms with van der Waals surface area (Å²) in [4.78, 5) is 25.0. The van der Waals surface area contributed by atoms with Gasteiger partial charge in [0.2, 0.25) is 0 Å². The molecule has 1 unspecified atom stereocenters. The molecule has 2 aromatic carbocycles. The summed E-state index contributed by atoms with van der Waals surface area (Å²) in [5.41, 5.74) is 3.64. The first-order valence-corrected chi connectivity index (χ1v) is 13.8. The number of amides is 1. The van der Waals surface area contributed by atoms with Gasteiger partial charge in [-0.25, -0.2) is 0 Å². The van der Waals surface area contributed by atoms with Gasteiger partial charge in [-0.05, 0) is 80.3 Å². The highest BCUT2D eigenvalue weighted by molar-refractivity contribution is 5.94. The molecule has 1 amide bonds. The van der Waals surface area contributed by atoms with Crippen molar-refractivity contribution >= 4 is 17.6 Å². The van der Waals surface area contributed by atoms with E-state index >= 15 is 0 Å². The molecule has 1 atom stereocenters. The van der Waals surface area contributed by atoms with E-state index in [4.69, 9.17) is 10.2 Å². The third kappa shape index (κ3) is 8.02. The van der Waals surface area contributed by atoms with E-state index in [0.717, 1.165) is 37.1 Å². The predicted octanol–water partition coefficient (Wildman–Crippen LogP) is 6.75. The number of rotatable bonds is 11. The SMILES string of the molecule is CCn1nc(-c2ccc(OC(F)(F)F)cc2)cc1C(Nc1ccc(C(=O)N(C)CCC(=O)O)cc1)C1CCCCC1. The summed E-state index contributed by atoms with van der Waals surface area (Å²) in [5.74, 6) is -1.14. The highest BCUT2D eigenvalue weighted by Gasteiger charge is 2.31. The van der Waals surface area contributed by atoms with E-state index in [1.54, 1.807) is 31.3 Å². The molecule has 1 aliphatic rings. The first kappa shape index (κ1) is 30.0. The molecule has 8 nitrogen and oxygen atoms in total. The van der Waals surface area contributed by atoms with Crippen LogP contribution in [0, 0.1) is 5.92 Å². The fourth-order valence-corrected chi connectivity index (χ4v) is 5.28. The minimum absolute atomic E-state index is 0.0656. The van der Waals surface area contributed by atoms with Gasteiger partial charge in [-0.2, -0.15) is 5.10 Å². The number of hydrogen-bond acceptors (Lipinski definition) is 5. The first-order valence-electron chi connectivity index (χ1n) is 13.8. The Morgan fingerprint density at radius 3 is 2.34 bits per heavy atom. The largest absolute Gasteiger partial charge is 0.573 e. The highest BCUT2D eigenvalue weighted by atomic mass is 19.4. The van der Waals surface area contributed by atoms with Gasteiger partial charge < -0.3 is 20.1 Å². The maximum absolute atomic E-state index is 12.7. The van der Waals surface area contributed by atoms with E-state index in [1.165, 1.54) is 23.5 Å². The molecule has 41 heavy (non-hydrogen) atoms. The summed E-state index contributed by atoms with van der Waals surface area (Å²) >= 11 is 0. The number of ether oxygens (including phenoxy) is 1. The second kappa shape index (κ2) is 13.1. The second-order valence-corrected chi connectivity index (χ2v) is 10.3. The van der Waals surface area contributed by atoms with Gasteiger partial charge >= 0.3 is 12.3 Å². The smallest absolute Gasteiger partial charge is 0.481 e. The number of aromatic nitrogens is 2. The number of alkyl halides is 3. The van der Waals surface area contributed by atoms with Crippen molar-refractivity contribution in [2.45, 2.75) is 64.4 Å². The van der Waals surface area contributed by atoms with E-state index in [0.29, 0.717) is 29.3 Å². The van der Waals surface area contributed by atoms with Crippen LogP contribution in [0.15, 0.2) is 54.6 Å². The van der Waals surface area contributed by atoms with Crippen LogP contribution in [0.2, 0.25) is 0 Å². The number of nitrogens with zero attached hydrogens (tertiary/aromatic N) is 3. The molecule has 0 aliphatic heterocycles. The quantitative estimate of drug-likeness (QED) is 0.264. The molecule has 11 heteroatoms. The minimum Gasteiger partial charge on any atom is -0.481 e. The maximum Gasteiger partial charge on any atom is 0.573 e. The van der Waals surface area contributed by atoms with Crippen molar-refractivity contribution in [2.75, 3.05) is 18.9 Å². The van der Waals surface area contributed by atoms with Crippen molar-refractivity contribution in [1.82, 2.24) is 14.7 Å². The fraction of sp³-hybridized carbons (Fsp3) is 0.433. The Morgan fingerprint density at radius 2 is 1.76 bits per heavy atom. The van der Waals surface area contributed by atoms with E-state index < -0.39 is 12.3 Å². The standard InChI is InChI=1S/C30H35F3N4O4/c1-3-37-26(19-25(35-37)20-11-15-24(16-12-20)41-30(31,32)33)28(21-7-5-4-6-8-21)34-23-13-9-22(10-14-23)29(40)36(2)18-17-27(38)39/h9-16,19,21,28,34H,3-8,17-18H2,1-2H3,(H,38,39). The number of carbonyl (C=O) groups is 2. The molecular weight excluding hydrogens is 537 g/mol. The summed E-state index contributed by atoms with van der Waals surface area (Å²) in [6, 6.07) is 14.8. The van der Waals surface area contributed by atoms with Crippen molar-refractivity contribution in [1.29, 1.82) is 0 Å². The number of anilines is 1. The number of aryl methyl sites for hydroxylation is 1. The van der Waals surface area contributed by atoms with Gasteiger partial charge in [0.05, 0.1) is 23.9 Å². The topological polar surface area (TPSA) is 96.7 Å². The van der Waals surface area contributed by atoms with Gasteiger partial charge in [0, 0.05) is 37.0 Å². The average molecular weight is 573 g/mol. The minimum atomic E-state index is -4.75. The lowest BCUT2D eigenvalue weighted by molar-refractivity contribution is -0.274. The van der Waals surface area contributed by atoms with Crippen LogP contribution in [-0.2, 0) is 11.3 Å². The Bertz CT molecular complexity index is 1320. The number of halogens is 3. The molecule has 1 aromatic heterocycles. The van der Waals surface area contributed by atoms with Crippen molar-refractivity contribution in [2.24, 2.45) is 5.92 Å². The third-order valence-electron chi connectivity index (χ3n) is 7.40. The number of hydrogen-bond donors (Lipinski definition) is 2. The number of nitrogens with one attached hydrogen (secondary N) is 1. The van der Waals surface area contributed by atoms with Gasteiger partial charge in [-0.3, -0.25) is 14.3 Å². The summed E-state index contributed by atoms with van der Waals surface area (Å²) in [5, 5.41) is 17.3. The van der Waals surface area contributed by atoms with E-state index in [-0.39, 0.29) is 30.7 Å². The Balaban J connectivity index is 1.57. The molecule has 1 aliphatic carbocycles. The van der Waals surface area contributed by atoms with Gasteiger partial charge in [-0.1, -0.05) is 19.3 Å². The van der Waals surface area contributed by atoms with Crippen LogP contribution < -0.4 is 10.1 Å². The highest BCUT2D eigenvalue weighted by Crippen LogP contribution is 2.38. The fourth-order valence-electron chi connectivity index (χ4n) is 5.28. The Kier molecular flexibility index (Phi) is 9.57. The molecule has 0 bridgehead atoms. The zero-order valence-electron chi connectivity index (χ0n) is 23.2. The molecule has 220 valence electrons. The maximum atomic E-state index is 12.7. The summed E-state index contributed by atoms with van der Waals surface area (Å²) in [6.07, 6.45) is 0.689.